The molecule has 1 atom stereocenters. The van der Waals surface area contributed by atoms with Gasteiger partial charge in [0.1, 0.15) is 5.75 Å². The minimum absolute atomic E-state index is 0. The number of hydrogen-bond donors (Lipinski definition) is 3. The summed E-state index contributed by atoms with van der Waals surface area (Å²) in [6.07, 6.45) is 5.76. The van der Waals surface area contributed by atoms with Gasteiger partial charge in [-0.1, -0.05) is 19.3 Å². The lowest BCUT2D eigenvalue weighted by Gasteiger charge is -2.23. The van der Waals surface area contributed by atoms with Gasteiger partial charge in [-0.3, -0.25) is 9.59 Å². The number of methoxy groups -OCH3 is 1. The summed E-state index contributed by atoms with van der Waals surface area (Å²) in [5, 5.41) is 9.30. The molecule has 1 unspecified atom stereocenters. The summed E-state index contributed by atoms with van der Waals surface area (Å²) in [5.74, 6) is 2.74. The fourth-order valence-electron chi connectivity index (χ4n) is 3.67. The molecular formula is C20H30ClN3O3S. The van der Waals surface area contributed by atoms with Crippen molar-refractivity contribution in [3.8, 4) is 5.75 Å². The first-order valence-electron chi connectivity index (χ1n) is 9.75. The van der Waals surface area contributed by atoms with Crippen LogP contribution in [0.2, 0.25) is 0 Å². The van der Waals surface area contributed by atoms with Crippen molar-refractivity contribution in [2.75, 3.05) is 35.8 Å². The van der Waals surface area contributed by atoms with E-state index < -0.39 is 0 Å². The molecule has 1 aromatic rings. The maximum atomic E-state index is 12.6. The highest BCUT2D eigenvalue weighted by atomic mass is 35.5. The average Bonchev–Trinajstić information content (AvgIpc) is 2.69. The highest BCUT2D eigenvalue weighted by molar-refractivity contribution is 7.99. The van der Waals surface area contributed by atoms with Gasteiger partial charge >= 0.3 is 0 Å². The molecule has 2 fully saturated rings. The van der Waals surface area contributed by atoms with Crippen LogP contribution in [0.25, 0.3) is 0 Å². The second kappa shape index (κ2) is 11.5. The van der Waals surface area contributed by atoms with Crippen LogP contribution in [0.5, 0.6) is 5.75 Å². The van der Waals surface area contributed by atoms with Crippen molar-refractivity contribution >= 4 is 47.4 Å². The van der Waals surface area contributed by atoms with E-state index in [-0.39, 0.29) is 36.2 Å². The van der Waals surface area contributed by atoms with Gasteiger partial charge in [-0.05, 0) is 31.0 Å². The molecule has 1 saturated carbocycles. The van der Waals surface area contributed by atoms with E-state index in [9.17, 15) is 9.59 Å². The largest absolute Gasteiger partial charge is 0.495 e. The number of anilines is 2. The van der Waals surface area contributed by atoms with Crippen LogP contribution in [0.15, 0.2) is 18.2 Å². The van der Waals surface area contributed by atoms with Gasteiger partial charge in [0.25, 0.3) is 0 Å². The number of rotatable bonds is 6. The van der Waals surface area contributed by atoms with Gasteiger partial charge in [0.15, 0.2) is 0 Å². The van der Waals surface area contributed by atoms with Crippen molar-refractivity contribution in [1.29, 1.82) is 0 Å². The summed E-state index contributed by atoms with van der Waals surface area (Å²) >= 11 is 1.87. The molecule has 1 saturated heterocycles. The van der Waals surface area contributed by atoms with Gasteiger partial charge in [-0.2, -0.15) is 11.8 Å². The lowest BCUT2D eigenvalue weighted by atomic mass is 9.88. The van der Waals surface area contributed by atoms with Crippen molar-refractivity contribution in [1.82, 2.24) is 5.32 Å². The first-order valence-corrected chi connectivity index (χ1v) is 10.9. The number of amides is 2. The minimum Gasteiger partial charge on any atom is -0.495 e. The second-order valence-electron chi connectivity index (χ2n) is 7.22. The van der Waals surface area contributed by atoms with Crippen LogP contribution in [-0.4, -0.2) is 43.0 Å². The molecule has 156 valence electrons. The lowest BCUT2D eigenvalue weighted by Crippen LogP contribution is -2.39. The van der Waals surface area contributed by atoms with Crippen LogP contribution in [0.4, 0.5) is 11.4 Å². The molecule has 1 aromatic carbocycles. The number of ether oxygens (including phenoxy) is 1. The SMILES string of the molecule is COc1ccc(NC(=O)CC2CSCCN2)cc1NC(=O)C1CCCCC1.Cl. The van der Waals surface area contributed by atoms with Crippen LogP contribution in [0.1, 0.15) is 38.5 Å². The van der Waals surface area contributed by atoms with Crippen molar-refractivity contribution < 1.29 is 14.3 Å². The summed E-state index contributed by atoms with van der Waals surface area (Å²) in [6.45, 7) is 0.947. The van der Waals surface area contributed by atoms with Gasteiger partial charge in [0, 0.05) is 42.1 Å². The zero-order valence-electron chi connectivity index (χ0n) is 16.3. The van der Waals surface area contributed by atoms with E-state index in [1.165, 1.54) is 6.42 Å². The number of benzene rings is 1. The Kier molecular flexibility index (Phi) is 9.41. The Morgan fingerprint density at radius 1 is 1.21 bits per heavy atom. The smallest absolute Gasteiger partial charge is 0.227 e. The van der Waals surface area contributed by atoms with Gasteiger partial charge < -0.3 is 20.7 Å². The molecule has 6 nitrogen and oxygen atoms in total. The molecule has 0 radical (unpaired) electrons. The summed E-state index contributed by atoms with van der Waals surface area (Å²) in [6, 6.07) is 5.57. The zero-order chi connectivity index (χ0) is 19.1. The maximum Gasteiger partial charge on any atom is 0.227 e. The first kappa shape index (κ1) is 22.8. The Bertz CT molecular complexity index is 662. The normalized spacial score (nSPS) is 20.0. The number of thioether (sulfide) groups is 1. The Morgan fingerprint density at radius 2 is 2.00 bits per heavy atom. The molecule has 1 aliphatic heterocycles. The molecule has 2 aliphatic rings. The Morgan fingerprint density at radius 3 is 2.68 bits per heavy atom. The van der Waals surface area contributed by atoms with Gasteiger partial charge in [0.2, 0.25) is 11.8 Å². The number of hydrogen-bond acceptors (Lipinski definition) is 5. The number of carbonyl (C=O) groups is 2. The third-order valence-corrected chi connectivity index (χ3v) is 6.28. The van der Waals surface area contributed by atoms with E-state index in [4.69, 9.17) is 4.74 Å². The molecule has 3 rings (SSSR count). The van der Waals surface area contributed by atoms with Crippen LogP contribution in [0.3, 0.4) is 0 Å². The topological polar surface area (TPSA) is 79.5 Å². The van der Waals surface area contributed by atoms with Crippen molar-refractivity contribution in [2.24, 2.45) is 5.92 Å². The quantitative estimate of drug-likeness (QED) is 0.645. The molecular weight excluding hydrogens is 398 g/mol. The third kappa shape index (κ3) is 6.57. The first-order chi connectivity index (χ1) is 13.2. The van der Waals surface area contributed by atoms with Gasteiger partial charge in [-0.15, -0.1) is 12.4 Å². The maximum absolute atomic E-state index is 12.6. The molecule has 1 heterocycles. The molecule has 1 aliphatic carbocycles. The predicted molar refractivity (Wildman–Crippen MR) is 118 cm³/mol. The molecule has 0 spiro atoms. The molecule has 8 heteroatoms. The molecule has 28 heavy (non-hydrogen) atoms. The lowest BCUT2D eigenvalue weighted by molar-refractivity contribution is -0.120. The van der Waals surface area contributed by atoms with Crippen molar-refractivity contribution in [2.45, 2.75) is 44.6 Å². The van der Waals surface area contributed by atoms with Crippen LogP contribution >= 0.6 is 24.2 Å². The highest BCUT2D eigenvalue weighted by Crippen LogP contribution is 2.30. The molecule has 0 aromatic heterocycles. The number of halogens is 1. The predicted octanol–water partition coefficient (Wildman–Crippen LogP) is 3.67. The third-order valence-electron chi connectivity index (χ3n) is 5.15. The average molecular weight is 428 g/mol. The van der Waals surface area contributed by atoms with Crippen molar-refractivity contribution in [3.05, 3.63) is 18.2 Å². The zero-order valence-corrected chi connectivity index (χ0v) is 17.9. The van der Waals surface area contributed by atoms with Crippen molar-refractivity contribution in [3.63, 3.8) is 0 Å². The fraction of sp³-hybridized carbons (Fsp3) is 0.600. The molecule has 3 N–H and O–H groups in total. The standard InChI is InChI=1S/C20H29N3O3S.ClH/c1-26-18-8-7-15(22-19(24)12-16-13-27-10-9-21-16)11-17(18)23-20(25)14-5-3-2-4-6-14;/h7-8,11,14,16,21H,2-6,9-10,12-13H2,1H3,(H,22,24)(H,23,25);1H. The summed E-state index contributed by atoms with van der Waals surface area (Å²) < 4.78 is 5.37. The second-order valence-corrected chi connectivity index (χ2v) is 8.37. The number of nitrogens with one attached hydrogen (secondary N) is 3. The van der Waals surface area contributed by atoms with Crippen LogP contribution in [-0.2, 0) is 9.59 Å². The Labute approximate surface area is 177 Å². The summed E-state index contributed by atoms with van der Waals surface area (Å²) in [5.41, 5.74) is 1.28. The minimum atomic E-state index is -0.0234. The van der Waals surface area contributed by atoms with E-state index in [0.717, 1.165) is 43.7 Å². The summed E-state index contributed by atoms with van der Waals surface area (Å²) in [4.78, 5) is 24.9. The van der Waals surface area contributed by atoms with Crippen LogP contribution in [0, 0.1) is 5.92 Å². The van der Waals surface area contributed by atoms with E-state index >= 15 is 0 Å². The Balaban J connectivity index is 0.00000280. The van der Waals surface area contributed by atoms with Crippen LogP contribution < -0.4 is 20.7 Å². The Hall–Kier alpha value is -1.44. The summed E-state index contributed by atoms with van der Waals surface area (Å²) in [7, 11) is 1.58. The highest BCUT2D eigenvalue weighted by Gasteiger charge is 2.22. The van der Waals surface area contributed by atoms with Gasteiger partial charge in [-0.25, -0.2) is 0 Å². The fourth-order valence-corrected chi connectivity index (χ4v) is 4.62. The van der Waals surface area contributed by atoms with E-state index in [1.807, 2.05) is 11.8 Å². The van der Waals surface area contributed by atoms with E-state index in [2.05, 4.69) is 16.0 Å². The van der Waals surface area contributed by atoms with Gasteiger partial charge in [0.05, 0.1) is 12.8 Å². The molecule has 0 bridgehead atoms. The molecule has 2 amide bonds. The number of carbonyl (C=O) groups excluding carboxylic acids is 2. The monoisotopic (exact) mass is 427 g/mol. The van der Waals surface area contributed by atoms with E-state index in [1.54, 1.807) is 25.3 Å². The van der Waals surface area contributed by atoms with E-state index in [0.29, 0.717) is 23.5 Å².